The third-order valence-corrected chi connectivity index (χ3v) is 3.87. The number of anilines is 1. The molecule has 0 bridgehead atoms. The number of carbonyl (C=O) groups is 1. The number of esters is 1. The molecule has 5 heteroatoms. The quantitative estimate of drug-likeness (QED) is 0.684. The van der Waals surface area contributed by atoms with Crippen LogP contribution in [0.1, 0.15) is 23.0 Å². The Morgan fingerprint density at radius 2 is 2.21 bits per heavy atom. The molecule has 2 N–H and O–H groups in total. The second kappa shape index (κ2) is 5.84. The van der Waals surface area contributed by atoms with Gasteiger partial charge in [0.25, 0.3) is 0 Å². The molecule has 0 unspecified atom stereocenters. The number of ether oxygens (including phenoxy) is 1. The van der Waals surface area contributed by atoms with Crippen LogP contribution in [-0.2, 0) is 4.74 Å². The molecule has 1 heterocycles. The van der Waals surface area contributed by atoms with Gasteiger partial charge in [-0.05, 0) is 32.0 Å². The summed E-state index contributed by atoms with van der Waals surface area (Å²) in [4.78, 5) is 13.5. The van der Waals surface area contributed by atoms with Crippen LogP contribution in [-0.4, -0.2) is 12.6 Å². The first kappa shape index (κ1) is 13.5. The molecular formula is C14H15NO3S. The molecule has 1 aromatic heterocycles. The SMILES string of the molecule is CCOC(=O)c1cccc(N)c1Sc1ccoc1C. The van der Waals surface area contributed by atoms with Crippen molar-refractivity contribution in [1.82, 2.24) is 0 Å². The summed E-state index contributed by atoms with van der Waals surface area (Å²) in [5, 5.41) is 0. The Kier molecular flexibility index (Phi) is 4.16. The lowest BCUT2D eigenvalue weighted by atomic mass is 10.2. The summed E-state index contributed by atoms with van der Waals surface area (Å²) in [5.74, 6) is 0.432. The van der Waals surface area contributed by atoms with Crippen LogP contribution in [0.15, 0.2) is 44.7 Å². The highest BCUT2D eigenvalue weighted by Crippen LogP contribution is 2.37. The van der Waals surface area contributed by atoms with Crippen LogP contribution in [0.5, 0.6) is 0 Å². The zero-order chi connectivity index (χ0) is 13.8. The van der Waals surface area contributed by atoms with E-state index in [0.29, 0.717) is 22.8 Å². The normalized spacial score (nSPS) is 10.4. The predicted molar refractivity (Wildman–Crippen MR) is 74.4 cm³/mol. The first-order valence-electron chi connectivity index (χ1n) is 5.91. The number of benzene rings is 1. The molecule has 0 amide bonds. The minimum atomic E-state index is -0.363. The van der Waals surface area contributed by atoms with Gasteiger partial charge in [-0.1, -0.05) is 17.8 Å². The van der Waals surface area contributed by atoms with E-state index < -0.39 is 0 Å². The lowest BCUT2D eigenvalue weighted by molar-refractivity contribution is 0.0522. The molecule has 19 heavy (non-hydrogen) atoms. The van der Waals surface area contributed by atoms with Gasteiger partial charge in [-0.15, -0.1) is 0 Å². The Labute approximate surface area is 115 Å². The van der Waals surface area contributed by atoms with Crippen molar-refractivity contribution in [2.75, 3.05) is 12.3 Å². The van der Waals surface area contributed by atoms with Crippen molar-refractivity contribution in [2.24, 2.45) is 0 Å². The number of hydrogen-bond acceptors (Lipinski definition) is 5. The zero-order valence-electron chi connectivity index (χ0n) is 10.8. The molecule has 0 aliphatic carbocycles. The van der Waals surface area contributed by atoms with E-state index in [9.17, 15) is 4.79 Å². The maximum atomic E-state index is 11.9. The standard InChI is InChI=1S/C14H15NO3S/c1-3-17-14(16)10-5-4-6-11(15)13(10)19-12-7-8-18-9(12)2/h4-8H,3,15H2,1-2H3. The van der Waals surface area contributed by atoms with E-state index in [1.54, 1.807) is 31.4 Å². The number of hydrogen-bond donors (Lipinski definition) is 1. The van der Waals surface area contributed by atoms with E-state index in [1.807, 2.05) is 13.0 Å². The molecule has 0 fully saturated rings. The Morgan fingerprint density at radius 1 is 1.42 bits per heavy atom. The van der Waals surface area contributed by atoms with E-state index in [-0.39, 0.29) is 5.97 Å². The first-order chi connectivity index (χ1) is 9.13. The topological polar surface area (TPSA) is 65.5 Å². The average molecular weight is 277 g/mol. The molecule has 4 nitrogen and oxygen atoms in total. The van der Waals surface area contributed by atoms with Crippen LogP contribution < -0.4 is 5.73 Å². The third-order valence-electron chi connectivity index (χ3n) is 2.56. The second-order valence-corrected chi connectivity index (χ2v) is 4.94. The summed E-state index contributed by atoms with van der Waals surface area (Å²) in [5.41, 5.74) is 6.99. The number of aryl methyl sites for hydroxylation is 1. The van der Waals surface area contributed by atoms with Gasteiger partial charge in [-0.3, -0.25) is 0 Å². The van der Waals surface area contributed by atoms with Gasteiger partial charge in [0.1, 0.15) is 5.76 Å². The fraction of sp³-hybridized carbons (Fsp3) is 0.214. The second-order valence-electron chi connectivity index (χ2n) is 3.89. The summed E-state index contributed by atoms with van der Waals surface area (Å²) in [6.07, 6.45) is 1.61. The molecule has 1 aromatic carbocycles. The Bertz CT molecular complexity index is 592. The lowest BCUT2D eigenvalue weighted by Crippen LogP contribution is -2.07. The van der Waals surface area contributed by atoms with E-state index in [4.69, 9.17) is 14.9 Å². The van der Waals surface area contributed by atoms with Crippen LogP contribution in [0.2, 0.25) is 0 Å². The molecule has 0 saturated heterocycles. The van der Waals surface area contributed by atoms with Gasteiger partial charge >= 0.3 is 5.97 Å². The molecule has 0 aliphatic heterocycles. The summed E-state index contributed by atoms with van der Waals surface area (Å²) in [7, 11) is 0. The van der Waals surface area contributed by atoms with Gasteiger partial charge < -0.3 is 14.9 Å². The van der Waals surface area contributed by atoms with Crippen molar-refractivity contribution >= 4 is 23.4 Å². The molecule has 0 saturated carbocycles. The van der Waals surface area contributed by atoms with Crippen LogP contribution in [0.3, 0.4) is 0 Å². The zero-order valence-corrected chi connectivity index (χ0v) is 11.6. The molecular weight excluding hydrogens is 262 g/mol. The highest BCUT2D eigenvalue weighted by Gasteiger charge is 2.17. The van der Waals surface area contributed by atoms with Gasteiger partial charge in [-0.25, -0.2) is 4.79 Å². The highest BCUT2D eigenvalue weighted by molar-refractivity contribution is 7.99. The van der Waals surface area contributed by atoms with Gasteiger partial charge in [0.2, 0.25) is 0 Å². The highest BCUT2D eigenvalue weighted by atomic mass is 32.2. The maximum absolute atomic E-state index is 11.9. The van der Waals surface area contributed by atoms with E-state index in [0.717, 1.165) is 10.7 Å². The van der Waals surface area contributed by atoms with Crippen molar-refractivity contribution in [3.8, 4) is 0 Å². The molecule has 100 valence electrons. The molecule has 0 aliphatic rings. The van der Waals surface area contributed by atoms with Crippen molar-refractivity contribution < 1.29 is 13.9 Å². The lowest BCUT2D eigenvalue weighted by Gasteiger charge is -2.10. The number of carbonyl (C=O) groups excluding carboxylic acids is 1. The number of furan rings is 1. The first-order valence-corrected chi connectivity index (χ1v) is 6.72. The van der Waals surface area contributed by atoms with Crippen LogP contribution in [0, 0.1) is 6.92 Å². The van der Waals surface area contributed by atoms with Crippen molar-refractivity contribution in [2.45, 2.75) is 23.6 Å². The van der Waals surface area contributed by atoms with E-state index in [1.165, 1.54) is 11.8 Å². The minimum Gasteiger partial charge on any atom is -0.468 e. The van der Waals surface area contributed by atoms with Crippen molar-refractivity contribution in [3.05, 3.63) is 41.9 Å². The molecule has 0 spiro atoms. The monoisotopic (exact) mass is 277 g/mol. The van der Waals surface area contributed by atoms with E-state index in [2.05, 4.69) is 0 Å². The summed E-state index contributed by atoms with van der Waals surface area (Å²) in [6, 6.07) is 7.07. The summed E-state index contributed by atoms with van der Waals surface area (Å²) in [6.45, 7) is 3.98. The fourth-order valence-electron chi connectivity index (χ4n) is 1.63. The Balaban J connectivity index is 2.38. The van der Waals surface area contributed by atoms with Crippen LogP contribution in [0.4, 0.5) is 5.69 Å². The largest absolute Gasteiger partial charge is 0.468 e. The maximum Gasteiger partial charge on any atom is 0.339 e. The molecule has 2 rings (SSSR count). The average Bonchev–Trinajstić information content (AvgIpc) is 2.78. The van der Waals surface area contributed by atoms with E-state index >= 15 is 0 Å². The molecule has 2 aromatic rings. The predicted octanol–water partition coefficient (Wildman–Crippen LogP) is 3.50. The third kappa shape index (κ3) is 2.93. The number of rotatable bonds is 4. The summed E-state index contributed by atoms with van der Waals surface area (Å²) < 4.78 is 10.3. The molecule has 0 atom stereocenters. The van der Waals surface area contributed by atoms with Crippen molar-refractivity contribution in [1.29, 1.82) is 0 Å². The smallest absolute Gasteiger partial charge is 0.339 e. The van der Waals surface area contributed by atoms with Gasteiger partial charge in [0.05, 0.1) is 23.3 Å². The van der Waals surface area contributed by atoms with Gasteiger partial charge in [0, 0.05) is 10.6 Å². The Morgan fingerprint density at radius 3 is 2.84 bits per heavy atom. The van der Waals surface area contributed by atoms with Gasteiger partial charge in [-0.2, -0.15) is 0 Å². The minimum absolute atomic E-state index is 0.336. The molecule has 0 radical (unpaired) electrons. The fourth-order valence-corrected chi connectivity index (χ4v) is 2.61. The Hall–Kier alpha value is -1.88. The van der Waals surface area contributed by atoms with Crippen molar-refractivity contribution in [3.63, 3.8) is 0 Å². The van der Waals surface area contributed by atoms with Gasteiger partial charge in [0.15, 0.2) is 0 Å². The van der Waals surface area contributed by atoms with Crippen LogP contribution in [0.25, 0.3) is 0 Å². The number of nitrogens with two attached hydrogens (primary N) is 1. The van der Waals surface area contributed by atoms with Crippen LogP contribution >= 0.6 is 11.8 Å². The number of nitrogen functional groups attached to an aromatic ring is 1. The summed E-state index contributed by atoms with van der Waals surface area (Å²) >= 11 is 1.41.